The maximum Gasteiger partial charge on any atom is 0.0615 e. The highest BCUT2D eigenvalue weighted by atomic mass is 16.5. The molecule has 1 aliphatic rings. The molecule has 0 aromatic rings. The van der Waals surface area contributed by atoms with Crippen LogP contribution in [0, 0.1) is 5.92 Å². The van der Waals surface area contributed by atoms with E-state index in [0.717, 1.165) is 25.6 Å². The van der Waals surface area contributed by atoms with Gasteiger partial charge in [-0.25, -0.2) is 0 Å². The average Bonchev–Trinajstić information content (AvgIpc) is 2.64. The molecule has 108 valence electrons. The second-order valence-corrected chi connectivity index (χ2v) is 5.69. The molecule has 0 aliphatic heterocycles. The number of hydrogen-bond acceptors (Lipinski definition) is 3. The third-order valence-electron chi connectivity index (χ3n) is 4.45. The van der Waals surface area contributed by atoms with Crippen LogP contribution in [0.15, 0.2) is 0 Å². The maximum atomic E-state index is 6.08. The maximum absolute atomic E-state index is 6.08. The molecule has 2 unspecified atom stereocenters. The SMILES string of the molecule is CCN(C(C)COC)C(CN)C1CCCCCC1. The van der Waals surface area contributed by atoms with Crippen molar-refractivity contribution < 1.29 is 4.74 Å². The second-order valence-electron chi connectivity index (χ2n) is 5.69. The molecular formula is C15H32N2O. The number of hydrogen-bond donors (Lipinski definition) is 1. The van der Waals surface area contributed by atoms with E-state index in [9.17, 15) is 0 Å². The molecule has 0 saturated heterocycles. The Morgan fingerprint density at radius 1 is 1.22 bits per heavy atom. The van der Waals surface area contributed by atoms with Crippen LogP contribution in [0.4, 0.5) is 0 Å². The van der Waals surface area contributed by atoms with E-state index in [2.05, 4.69) is 18.7 Å². The topological polar surface area (TPSA) is 38.5 Å². The Morgan fingerprint density at radius 3 is 2.28 bits per heavy atom. The fourth-order valence-corrected chi connectivity index (χ4v) is 3.50. The van der Waals surface area contributed by atoms with Crippen molar-refractivity contribution in [3.05, 3.63) is 0 Å². The summed E-state index contributed by atoms with van der Waals surface area (Å²) in [5.74, 6) is 0.789. The molecule has 0 amide bonds. The van der Waals surface area contributed by atoms with E-state index in [4.69, 9.17) is 10.5 Å². The van der Waals surface area contributed by atoms with E-state index < -0.39 is 0 Å². The molecule has 0 bridgehead atoms. The molecule has 2 atom stereocenters. The number of rotatable bonds is 7. The summed E-state index contributed by atoms with van der Waals surface area (Å²) in [5.41, 5.74) is 6.08. The average molecular weight is 256 g/mol. The van der Waals surface area contributed by atoms with Gasteiger partial charge in [0.25, 0.3) is 0 Å². The molecule has 3 nitrogen and oxygen atoms in total. The number of likely N-dealkylation sites (N-methyl/N-ethyl adjacent to an activating group) is 1. The minimum absolute atomic E-state index is 0.469. The molecule has 0 radical (unpaired) electrons. The van der Waals surface area contributed by atoms with Crippen molar-refractivity contribution in [1.29, 1.82) is 0 Å². The lowest BCUT2D eigenvalue weighted by Crippen LogP contribution is -2.50. The molecule has 1 aliphatic carbocycles. The molecule has 2 N–H and O–H groups in total. The van der Waals surface area contributed by atoms with Crippen molar-refractivity contribution in [3.8, 4) is 0 Å². The molecule has 0 spiro atoms. The van der Waals surface area contributed by atoms with E-state index >= 15 is 0 Å². The highest BCUT2D eigenvalue weighted by molar-refractivity contribution is 4.84. The predicted molar refractivity (Wildman–Crippen MR) is 77.8 cm³/mol. The molecule has 1 fully saturated rings. The Hall–Kier alpha value is -0.120. The summed E-state index contributed by atoms with van der Waals surface area (Å²) in [5, 5.41) is 0. The van der Waals surface area contributed by atoms with Crippen LogP contribution in [0.3, 0.4) is 0 Å². The summed E-state index contributed by atoms with van der Waals surface area (Å²) in [6.07, 6.45) is 8.31. The van der Waals surface area contributed by atoms with Gasteiger partial charge < -0.3 is 10.5 Å². The number of ether oxygens (including phenoxy) is 1. The number of nitrogens with zero attached hydrogens (tertiary/aromatic N) is 1. The van der Waals surface area contributed by atoms with E-state index in [1.807, 2.05) is 0 Å². The first kappa shape index (κ1) is 15.9. The highest BCUT2D eigenvalue weighted by Gasteiger charge is 2.28. The van der Waals surface area contributed by atoms with Gasteiger partial charge in [-0.3, -0.25) is 4.90 Å². The Balaban J connectivity index is 2.64. The molecule has 0 aromatic carbocycles. The van der Waals surface area contributed by atoms with Crippen LogP contribution in [-0.4, -0.2) is 43.8 Å². The fourth-order valence-electron chi connectivity index (χ4n) is 3.50. The van der Waals surface area contributed by atoms with Gasteiger partial charge in [-0.05, 0) is 32.2 Å². The van der Waals surface area contributed by atoms with Crippen LogP contribution in [-0.2, 0) is 4.74 Å². The summed E-state index contributed by atoms with van der Waals surface area (Å²) in [4.78, 5) is 2.56. The quantitative estimate of drug-likeness (QED) is 0.712. The van der Waals surface area contributed by atoms with Gasteiger partial charge in [0.05, 0.1) is 6.61 Å². The zero-order chi connectivity index (χ0) is 13.4. The monoisotopic (exact) mass is 256 g/mol. The Morgan fingerprint density at radius 2 is 1.83 bits per heavy atom. The fraction of sp³-hybridized carbons (Fsp3) is 1.00. The van der Waals surface area contributed by atoms with Crippen molar-refractivity contribution >= 4 is 0 Å². The van der Waals surface area contributed by atoms with Gasteiger partial charge in [-0.15, -0.1) is 0 Å². The first-order valence-corrected chi connectivity index (χ1v) is 7.69. The van der Waals surface area contributed by atoms with Crippen LogP contribution in [0.1, 0.15) is 52.4 Å². The van der Waals surface area contributed by atoms with Gasteiger partial charge in [-0.1, -0.05) is 32.6 Å². The Labute approximate surface area is 113 Å². The normalized spacial score (nSPS) is 21.8. The number of methoxy groups -OCH3 is 1. The van der Waals surface area contributed by atoms with Gasteiger partial charge >= 0.3 is 0 Å². The number of nitrogens with two attached hydrogens (primary N) is 1. The van der Waals surface area contributed by atoms with E-state index in [0.29, 0.717) is 12.1 Å². The van der Waals surface area contributed by atoms with Crippen molar-refractivity contribution in [2.75, 3.05) is 26.8 Å². The van der Waals surface area contributed by atoms with Crippen molar-refractivity contribution in [2.24, 2.45) is 11.7 Å². The first-order valence-electron chi connectivity index (χ1n) is 7.69. The third kappa shape index (κ3) is 4.52. The summed E-state index contributed by atoms with van der Waals surface area (Å²) in [6.45, 7) is 7.16. The minimum atomic E-state index is 0.469. The molecule has 18 heavy (non-hydrogen) atoms. The lowest BCUT2D eigenvalue weighted by Gasteiger charge is -2.39. The largest absolute Gasteiger partial charge is 0.383 e. The standard InChI is InChI=1S/C15H32N2O/c1-4-17(13(2)12-18-3)15(11-16)14-9-7-5-6-8-10-14/h13-15H,4-12,16H2,1-3H3. The highest BCUT2D eigenvalue weighted by Crippen LogP contribution is 2.28. The smallest absolute Gasteiger partial charge is 0.0615 e. The second kappa shape index (κ2) is 8.89. The van der Waals surface area contributed by atoms with Crippen LogP contribution in [0.5, 0.6) is 0 Å². The van der Waals surface area contributed by atoms with Crippen LogP contribution in [0.2, 0.25) is 0 Å². The van der Waals surface area contributed by atoms with Crippen LogP contribution < -0.4 is 5.73 Å². The predicted octanol–water partition coefficient (Wildman–Crippen LogP) is 2.64. The molecule has 0 aromatic heterocycles. The summed E-state index contributed by atoms with van der Waals surface area (Å²) in [6, 6.07) is 1.01. The lowest BCUT2D eigenvalue weighted by molar-refractivity contribution is 0.0503. The van der Waals surface area contributed by atoms with E-state index in [-0.39, 0.29) is 0 Å². The Bertz CT molecular complexity index is 203. The van der Waals surface area contributed by atoms with Gasteiger partial charge in [0.1, 0.15) is 0 Å². The minimum Gasteiger partial charge on any atom is -0.383 e. The van der Waals surface area contributed by atoms with E-state index in [1.165, 1.54) is 38.5 Å². The van der Waals surface area contributed by atoms with Gasteiger partial charge in [-0.2, -0.15) is 0 Å². The van der Waals surface area contributed by atoms with Crippen molar-refractivity contribution in [1.82, 2.24) is 4.90 Å². The molecule has 1 saturated carbocycles. The molecule has 1 rings (SSSR count). The summed E-state index contributed by atoms with van der Waals surface area (Å²) >= 11 is 0. The zero-order valence-electron chi connectivity index (χ0n) is 12.5. The van der Waals surface area contributed by atoms with Gasteiger partial charge in [0.15, 0.2) is 0 Å². The first-order chi connectivity index (χ1) is 8.74. The lowest BCUT2D eigenvalue weighted by atomic mass is 9.90. The zero-order valence-corrected chi connectivity index (χ0v) is 12.5. The van der Waals surface area contributed by atoms with Crippen molar-refractivity contribution in [2.45, 2.75) is 64.5 Å². The van der Waals surface area contributed by atoms with Crippen molar-refractivity contribution in [3.63, 3.8) is 0 Å². The Kier molecular flexibility index (Phi) is 7.87. The van der Waals surface area contributed by atoms with Crippen LogP contribution in [0.25, 0.3) is 0 Å². The molecule has 3 heteroatoms. The summed E-state index contributed by atoms with van der Waals surface area (Å²) in [7, 11) is 1.79. The van der Waals surface area contributed by atoms with Crippen LogP contribution >= 0.6 is 0 Å². The molecule has 0 heterocycles. The van der Waals surface area contributed by atoms with Gasteiger partial charge in [0.2, 0.25) is 0 Å². The molecular weight excluding hydrogens is 224 g/mol. The van der Waals surface area contributed by atoms with E-state index in [1.54, 1.807) is 7.11 Å². The van der Waals surface area contributed by atoms with Gasteiger partial charge in [0, 0.05) is 25.7 Å². The summed E-state index contributed by atoms with van der Waals surface area (Å²) < 4.78 is 5.31. The third-order valence-corrected chi connectivity index (χ3v) is 4.45.